The molecular weight excluding hydrogens is 450 g/mol. The topological polar surface area (TPSA) is 46.9 Å². The number of aromatic nitrogens is 2. The van der Waals surface area contributed by atoms with E-state index in [4.69, 9.17) is 4.98 Å². The van der Waals surface area contributed by atoms with Crippen LogP contribution in [0.5, 0.6) is 0 Å². The van der Waals surface area contributed by atoms with E-state index < -0.39 is 0 Å². The van der Waals surface area contributed by atoms with Crippen LogP contribution < -0.4 is 5.32 Å². The van der Waals surface area contributed by atoms with Crippen molar-refractivity contribution in [2.45, 2.75) is 64.8 Å². The van der Waals surface area contributed by atoms with Crippen LogP contribution in [0.1, 0.15) is 55.6 Å². The van der Waals surface area contributed by atoms with Crippen LogP contribution in [0.4, 0.5) is 0 Å². The molecule has 4 nitrogen and oxygen atoms in total. The summed E-state index contributed by atoms with van der Waals surface area (Å²) >= 11 is 4.43. The molecule has 3 aromatic carbocycles. The van der Waals surface area contributed by atoms with Gasteiger partial charge in [-0.05, 0) is 53.6 Å². The predicted octanol–water partition coefficient (Wildman–Crippen LogP) is 6.73. The number of benzene rings is 3. The van der Waals surface area contributed by atoms with E-state index in [1.165, 1.54) is 16.7 Å². The third kappa shape index (κ3) is 5.96. The minimum atomic E-state index is -0.259. The van der Waals surface area contributed by atoms with Crippen molar-refractivity contribution >= 4 is 29.6 Å². The molecule has 0 aliphatic carbocycles. The maximum atomic E-state index is 12.4. The molecule has 0 spiro atoms. The molecule has 0 bridgehead atoms. The van der Waals surface area contributed by atoms with Crippen molar-refractivity contribution in [3.63, 3.8) is 0 Å². The van der Waals surface area contributed by atoms with Crippen molar-refractivity contribution in [2.75, 3.05) is 0 Å². The molecule has 1 N–H and O–H groups in total. The Hall–Kier alpha value is -3.05. The quantitative estimate of drug-likeness (QED) is 0.245. The molecule has 4 rings (SSSR count). The summed E-state index contributed by atoms with van der Waals surface area (Å²) < 4.78 is 2.34. The monoisotopic (exact) mass is 485 g/mol. The second kappa shape index (κ2) is 11.6. The smallest absolute Gasteiger partial charge is 0.233 e. The Morgan fingerprint density at radius 1 is 0.971 bits per heavy atom. The van der Waals surface area contributed by atoms with Crippen LogP contribution in [0.2, 0.25) is 0 Å². The van der Waals surface area contributed by atoms with Crippen molar-refractivity contribution < 1.29 is 4.79 Å². The van der Waals surface area contributed by atoms with Crippen molar-refractivity contribution in [1.29, 1.82) is 0 Å². The van der Waals surface area contributed by atoms with Gasteiger partial charge in [-0.1, -0.05) is 80.9 Å². The molecule has 1 aromatic heterocycles. The van der Waals surface area contributed by atoms with Gasteiger partial charge in [-0.25, -0.2) is 4.98 Å². The van der Waals surface area contributed by atoms with E-state index in [1.54, 1.807) is 0 Å². The fourth-order valence-corrected chi connectivity index (χ4v) is 4.88. The summed E-state index contributed by atoms with van der Waals surface area (Å²) in [6, 6.07) is 23.6. The Morgan fingerprint density at radius 2 is 1.69 bits per heavy atom. The number of carbonyl (C=O) groups excluding carboxylic acids is 1. The lowest BCUT2D eigenvalue weighted by molar-refractivity contribution is -0.120. The van der Waals surface area contributed by atoms with Gasteiger partial charge in [-0.2, -0.15) is 12.6 Å². The predicted molar refractivity (Wildman–Crippen MR) is 149 cm³/mol. The average Bonchev–Trinajstić information content (AvgIpc) is 3.21. The number of hydrogen-bond acceptors (Lipinski definition) is 3. The summed E-state index contributed by atoms with van der Waals surface area (Å²) in [7, 11) is 0. The van der Waals surface area contributed by atoms with Crippen molar-refractivity contribution in [1.82, 2.24) is 14.9 Å². The second-order valence-electron chi connectivity index (χ2n) is 9.23. The Balaban J connectivity index is 1.61. The highest BCUT2D eigenvalue weighted by Gasteiger charge is 2.16. The number of rotatable bonds is 10. The first-order valence-corrected chi connectivity index (χ1v) is 13.1. The maximum absolute atomic E-state index is 12.4. The first-order valence-electron chi connectivity index (χ1n) is 12.6. The highest BCUT2D eigenvalue weighted by atomic mass is 32.1. The molecule has 1 atom stereocenters. The molecule has 0 saturated heterocycles. The zero-order valence-electron chi connectivity index (χ0n) is 20.9. The lowest BCUT2D eigenvalue weighted by Crippen LogP contribution is -2.30. The Bertz CT molecular complexity index is 1280. The van der Waals surface area contributed by atoms with E-state index >= 15 is 0 Å². The van der Waals surface area contributed by atoms with Crippen LogP contribution >= 0.6 is 12.6 Å². The maximum Gasteiger partial charge on any atom is 0.233 e. The molecule has 0 saturated carbocycles. The van der Waals surface area contributed by atoms with Crippen molar-refractivity contribution in [3.05, 3.63) is 89.2 Å². The largest absolute Gasteiger partial charge is 0.351 e. The third-order valence-corrected chi connectivity index (χ3v) is 6.88. The van der Waals surface area contributed by atoms with Crippen LogP contribution in [-0.4, -0.2) is 20.7 Å². The fourth-order valence-electron chi connectivity index (χ4n) is 4.53. The minimum Gasteiger partial charge on any atom is -0.351 e. The van der Waals surface area contributed by atoms with Gasteiger partial charge in [-0.15, -0.1) is 0 Å². The van der Waals surface area contributed by atoms with Crippen LogP contribution in [0.25, 0.3) is 22.2 Å². The molecule has 5 heteroatoms. The zero-order valence-corrected chi connectivity index (χ0v) is 21.8. The number of hydrogen-bond donors (Lipinski definition) is 2. The van der Waals surface area contributed by atoms with E-state index in [9.17, 15) is 4.79 Å². The SMILES string of the molecule is CCCc1nc2c(C)cc(CNC(=O)[C@@H](S)CCC)cc2n1Cc1ccc(-c2ccccc2)cc1. The molecule has 1 amide bonds. The number of fused-ring (bicyclic) bond motifs is 1. The van der Waals surface area contributed by atoms with E-state index in [-0.39, 0.29) is 11.2 Å². The zero-order chi connectivity index (χ0) is 24.8. The van der Waals surface area contributed by atoms with Crippen LogP contribution in [0, 0.1) is 6.92 Å². The Morgan fingerprint density at radius 3 is 2.37 bits per heavy atom. The van der Waals surface area contributed by atoms with E-state index in [2.05, 4.69) is 104 Å². The molecule has 0 radical (unpaired) electrons. The van der Waals surface area contributed by atoms with Gasteiger partial charge in [0, 0.05) is 19.5 Å². The van der Waals surface area contributed by atoms with Crippen LogP contribution in [-0.2, 0) is 24.3 Å². The van der Waals surface area contributed by atoms with E-state index in [0.717, 1.165) is 60.2 Å². The van der Waals surface area contributed by atoms with Gasteiger partial charge in [0.05, 0.1) is 16.3 Å². The number of nitrogens with zero attached hydrogens (tertiary/aromatic N) is 2. The second-order valence-corrected chi connectivity index (χ2v) is 9.85. The number of amides is 1. The van der Waals surface area contributed by atoms with Crippen LogP contribution in [0.15, 0.2) is 66.7 Å². The van der Waals surface area contributed by atoms with Crippen molar-refractivity contribution in [2.24, 2.45) is 0 Å². The number of carbonyl (C=O) groups is 1. The van der Waals surface area contributed by atoms with Gasteiger partial charge in [0.1, 0.15) is 5.82 Å². The summed E-state index contributed by atoms with van der Waals surface area (Å²) in [4.78, 5) is 17.4. The van der Waals surface area contributed by atoms with Gasteiger partial charge >= 0.3 is 0 Å². The lowest BCUT2D eigenvalue weighted by Gasteiger charge is -2.13. The minimum absolute atomic E-state index is 0.00776. The third-order valence-electron chi connectivity index (χ3n) is 6.39. The number of aryl methyl sites for hydroxylation is 2. The molecule has 0 fully saturated rings. The molecule has 4 aromatic rings. The molecule has 182 valence electrons. The number of thiol groups is 1. The summed E-state index contributed by atoms with van der Waals surface area (Å²) in [6.45, 7) is 7.63. The number of imidazole rings is 1. The standard InChI is InChI=1S/C30H35N3OS/c1-4-9-27(35)30(34)31-19-23-17-21(3)29-26(18-23)33(28(32-29)10-5-2)20-22-13-15-25(16-14-22)24-11-7-6-8-12-24/h6-8,11-18,27,35H,4-5,9-10,19-20H2,1-3H3,(H,31,34)/t27-/m0/s1. The Labute approximate surface area is 214 Å². The van der Waals surface area contributed by atoms with Crippen LogP contribution in [0.3, 0.4) is 0 Å². The average molecular weight is 486 g/mol. The van der Waals surface area contributed by atoms with Gasteiger partial charge in [0.2, 0.25) is 5.91 Å². The first-order chi connectivity index (χ1) is 17.0. The Kier molecular flexibility index (Phi) is 8.29. The molecule has 0 aliphatic heterocycles. The lowest BCUT2D eigenvalue weighted by atomic mass is 10.0. The number of nitrogens with one attached hydrogen (secondary N) is 1. The van der Waals surface area contributed by atoms with Gasteiger partial charge in [0.15, 0.2) is 0 Å². The van der Waals surface area contributed by atoms with E-state index in [0.29, 0.717) is 6.54 Å². The van der Waals surface area contributed by atoms with Crippen molar-refractivity contribution in [3.8, 4) is 11.1 Å². The fraction of sp³-hybridized carbons (Fsp3) is 0.333. The van der Waals surface area contributed by atoms with E-state index in [1.807, 2.05) is 6.07 Å². The normalized spacial score (nSPS) is 12.1. The van der Waals surface area contributed by atoms with Gasteiger partial charge < -0.3 is 9.88 Å². The molecule has 0 aliphatic rings. The first kappa shape index (κ1) is 25.1. The summed E-state index contributed by atoms with van der Waals surface area (Å²) in [6.07, 6.45) is 3.70. The summed E-state index contributed by atoms with van der Waals surface area (Å²) in [5.74, 6) is 1.10. The molecule has 1 heterocycles. The van der Waals surface area contributed by atoms with Gasteiger partial charge in [0.25, 0.3) is 0 Å². The summed E-state index contributed by atoms with van der Waals surface area (Å²) in [5.41, 5.74) is 8.09. The highest BCUT2D eigenvalue weighted by Crippen LogP contribution is 2.25. The summed E-state index contributed by atoms with van der Waals surface area (Å²) in [5, 5.41) is 2.79. The van der Waals surface area contributed by atoms with Gasteiger partial charge in [-0.3, -0.25) is 4.79 Å². The highest BCUT2D eigenvalue weighted by molar-refractivity contribution is 7.81. The molecular formula is C30H35N3OS. The molecule has 0 unspecified atom stereocenters. The molecule has 35 heavy (non-hydrogen) atoms.